The van der Waals surface area contributed by atoms with E-state index in [-0.39, 0.29) is 24.0 Å². The minimum atomic E-state index is -0.831. The minimum Gasteiger partial charge on any atom is -0.481 e. The zero-order valence-corrected chi connectivity index (χ0v) is 15.7. The fourth-order valence-corrected chi connectivity index (χ4v) is 3.72. The maximum atomic E-state index is 12.3. The molecule has 1 fully saturated rings. The summed E-state index contributed by atoms with van der Waals surface area (Å²) in [6, 6.07) is 9.94. The van der Waals surface area contributed by atoms with Crippen LogP contribution in [0, 0.1) is 11.8 Å². The molecule has 1 aliphatic rings. The Hall–Kier alpha value is -1.98. The van der Waals surface area contributed by atoms with Crippen LogP contribution in [0.25, 0.3) is 0 Å². The van der Waals surface area contributed by atoms with E-state index in [0.29, 0.717) is 38.5 Å². The summed E-state index contributed by atoms with van der Waals surface area (Å²) in [5, 5.41) is 29.3. The number of Topliss-reactive ketones (excluding diaryl/α,β-unsaturated/α-hetero) is 1. The van der Waals surface area contributed by atoms with Gasteiger partial charge >= 0.3 is 5.97 Å². The largest absolute Gasteiger partial charge is 0.481 e. The van der Waals surface area contributed by atoms with Gasteiger partial charge in [-0.2, -0.15) is 0 Å². The SMILES string of the molecule is O=C(O)CCCC[C@H]1C(=O)CC[C@@H](O)[C@@H]1/C=C/C(O)CCc1ccccc1. The van der Waals surface area contributed by atoms with Crippen molar-refractivity contribution in [2.45, 2.75) is 63.6 Å². The Balaban J connectivity index is 1.89. The number of aliphatic hydroxyl groups is 2. The number of unbranched alkanes of at least 4 members (excludes halogenated alkanes) is 1. The van der Waals surface area contributed by atoms with E-state index in [1.165, 1.54) is 0 Å². The zero-order valence-electron chi connectivity index (χ0n) is 15.7. The summed E-state index contributed by atoms with van der Waals surface area (Å²) < 4.78 is 0. The van der Waals surface area contributed by atoms with Gasteiger partial charge in [-0.25, -0.2) is 0 Å². The zero-order chi connectivity index (χ0) is 19.6. The van der Waals surface area contributed by atoms with Crippen molar-refractivity contribution in [2.24, 2.45) is 11.8 Å². The molecule has 0 amide bonds. The van der Waals surface area contributed by atoms with Crippen molar-refractivity contribution in [1.82, 2.24) is 0 Å². The average Bonchev–Trinajstić information content (AvgIpc) is 2.66. The van der Waals surface area contributed by atoms with E-state index in [0.717, 1.165) is 12.0 Å². The second kappa shape index (κ2) is 11.0. The molecular weight excluding hydrogens is 344 g/mol. The highest BCUT2D eigenvalue weighted by atomic mass is 16.4. The van der Waals surface area contributed by atoms with Crippen LogP contribution in [0.15, 0.2) is 42.5 Å². The molecule has 0 bridgehead atoms. The summed E-state index contributed by atoms with van der Waals surface area (Å²) in [6.45, 7) is 0. The number of rotatable bonds is 10. The lowest BCUT2D eigenvalue weighted by atomic mass is 9.73. The Morgan fingerprint density at radius 2 is 1.96 bits per heavy atom. The van der Waals surface area contributed by atoms with Gasteiger partial charge in [0.25, 0.3) is 0 Å². The lowest BCUT2D eigenvalue weighted by Gasteiger charge is -2.33. The highest BCUT2D eigenvalue weighted by molar-refractivity contribution is 5.82. The van der Waals surface area contributed by atoms with E-state index in [2.05, 4.69) is 0 Å². The summed E-state index contributed by atoms with van der Waals surface area (Å²) in [5.41, 5.74) is 1.16. The first kappa shape index (κ1) is 21.3. The average molecular weight is 374 g/mol. The number of carbonyl (C=O) groups excluding carboxylic acids is 1. The van der Waals surface area contributed by atoms with E-state index < -0.39 is 18.2 Å². The van der Waals surface area contributed by atoms with E-state index in [1.54, 1.807) is 12.2 Å². The quantitative estimate of drug-likeness (QED) is 0.432. The first-order valence-corrected chi connectivity index (χ1v) is 9.80. The summed E-state index contributed by atoms with van der Waals surface area (Å²) in [5.74, 6) is -1.30. The van der Waals surface area contributed by atoms with Crippen LogP contribution in [0.1, 0.15) is 50.5 Å². The van der Waals surface area contributed by atoms with Crippen molar-refractivity contribution < 1.29 is 24.9 Å². The monoisotopic (exact) mass is 374 g/mol. The van der Waals surface area contributed by atoms with Crippen molar-refractivity contribution in [2.75, 3.05) is 0 Å². The molecule has 0 radical (unpaired) electrons. The number of ketones is 1. The molecular formula is C22H30O5. The van der Waals surface area contributed by atoms with Crippen LogP contribution < -0.4 is 0 Å². The number of hydrogen-bond donors (Lipinski definition) is 3. The molecule has 148 valence electrons. The lowest BCUT2D eigenvalue weighted by Crippen LogP contribution is -2.37. The minimum absolute atomic E-state index is 0.0994. The molecule has 0 aliphatic heterocycles. The third-order valence-corrected chi connectivity index (χ3v) is 5.29. The molecule has 5 heteroatoms. The highest BCUT2D eigenvalue weighted by Crippen LogP contribution is 2.33. The second-order valence-electron chi connectivity index (χ2n) is 7.37. The van der Waals surface area contributed by atoms with Gasteiger partial charge in [-0.3, -0.25) is 9.59 Å². The van der Waals surface area contributed by atoms with Gasteiger partial charge in [-0.1, -0.05) is 48.9 Å². The second-order valence-corrected chi connectivity index (χ2v) is 7.37. The summed E-state index contributed by atoms with van der Waals surface area (Å²) in [6.07, 6.45) is 6.29. The van der Waals surface area contributed by atoms with Gasteiger partial charge in [0.2, 0.25) is 0 Å². The van der Waals surface area contributed by atoms with E-state index >= 15 is 0 Å². The van der Waals surface area contributed by atoms with Crippen molar-refractivity contribution >= 4 is 11.8 Å². The summed E-state index contributed by atoms with van der Waals surface area (Å²) in [7, 11) is 0. The molecule has 1 unspecified atom stereocenters. The van der Waals surface area contributed by atoms with Crippen LogP contribution in [0.3, 0.4) is 0 Å². The Morgan fingerprint density at radius 1 is 1.22 bits per heavy atom. The van der Waals surface area contributed by atoms with Gasteiger partial charge in [-0.15, -0.1) is 0 Å². The molecule has 5 nitrogen and oxygen atoms in total. The molecule has 0 spiro atoms. The van der Waals surface area contributed by atoms with Gasteiger partial charge in [0.05, 0.1) is 12.2 Å². The van der Waals surface area contributed by atoms with Gasteiger partial charge in [-0.05, 0) is 37.7 Å². The number of aliphatic hydroxyl groups excluding tert-OH is 2. The van der Waals surface area contributed by atoms with Crippen LogP contribution in [0.4, 0.5) is 0 Å². The maximum absolute atomic E-state index is 12.3. The Morgan fingerprint density at radius 3 is 2.67 bits per heavy atom. The highest BCUT2D eigenvalue weighted by Gasteiger charge is 2.35. The molecule has 4 atom stereocenters. The molecule has 3 N–H and O–H groups in total. The predicted octanol–water partition coefficient (Wildman–Crippen LogP) is 3.14. The topological polar surface area (TPSA) is 94.8 Å². The van der Waals surface area contributed by atoms with Crippen molar-refractivity contribution in [3.05, 3.63) is 48.0 Å². The van der Waals surface area contributed by atoms with Crippen LogP contribution in [0.5, 0.6) is 0 Å². The van der Waals surface area contributed by atoms with Gasteiger partial charge in [0.1, 0.15) is 5.78 Å². The van der Waals surface area contributed by atoms with Crippen molar-refractivity contribution in [1.29, 1.82) is 0 Å². The van der Waals surface area contributed by atoms with Crippen LogP contribution in [0.2, 0.25) is 0 Å². The molecule has 0 heterocycles. The molecule has 0 saturated heterocycles. The number of aryl methyl sites for hydroxylation is 1. The van der Waals surface area contributed by atoms with Crippen LogP contribution >= 0.6 is 0 Å². The number of carbonyl (C=O) groups is 2. The first-order valence-electron chi connectivity index (χ1n) is 9.80. The third kappa shape index (κ3) is 7.27. The number of carboxylic acid groups (broad SMARTS) is 1. The third-order valence-electron chi connectivity index (χ3n) is 5.29. The maximum Gasteiger partial charge on any atom is 0.303 e. The normalized spacial score (nSPS) is 24.2. The lowest BCUT2D eigenvalue weighted by molar-refractivity contribution is -0.137. The van der Waals surface area contributed by atoms with E-state index in [1.807, 2.05) is 30.3 Å². The van der Waals surface area contributed by atoms with E-state index in [9.17, 15) is 19.8 Å². The molecule has 2 rings (SSSR count). The Bertz CT molecular complexity index is 625. The first-order chi connectivity index (χ1) is 13.0. The van der Waals surface area contributed by atoms with E-state index in [4.69, 9.17) is 5.11 Å². The van der Waals surface area contributed by atoms with Gasteiger partial charge in [0.15, 0.2) is 0 Å². The number of benzene rings is 1. The van der Waals surface area contributed by atoms with Gasteiger partial charge < -0.3 is 15.3 Å². The van der Waals surface area contributed by atoms with Crippen molar-refractivity contribution in [3.63, 3.8) is 0 Å². The molecule has 1 aromatic carbocycles. The molecule has 27 heavy (non-hydrogen) atoms. The predicted molar refractivity (Wildman–Crippen MR) is 103 cm³/mol. The smallest absolute Gasteiger partial charge is 0.303 e. The molecule has 0 aromatic heterocycles. The summed E-state index contributed by atoms with van der Waals surface area (Å²) in [4.78, 5) is 22.9. The molecule has 1 aromatic rings. The van der Waals surface area contributed by atoms with Crippen LogP contribution in [-0.4, -0.2) is 39.3 Å². The fourth-order valence-electron chi connectivity index (χ4n) is 3.72. The summed E-state index contributed by atoms with van der Waals surface area (Å²) >= 11 is 0. The molecule has 1 aliphatic carbocycles. The van der Waals surface area contributed by atoms with Gasteiger partial charge in [0, 0.05) is 24.7 Å². The van der Waals surface area contributed by atoms with Crippen molar-refractivity contribution in [3.8, 4) is 0 Å². The number of hydrogen-bond acceptors (Lipinski definition) is 4. The Kier molecular flexibility index (Phi) is 8.69. The molecule has 1 saturated carbocycles. The number of aliphatic carboxylic acids is 1. The standard InChI is InChI=1S/C22H30O5/c23-17(11-10-16-6-2-1-3-7-16)12-13-19-18(8-4-5-9-22(26)27)20(24)14-15-21(19)25/h1-3,6-7,12-13,17-19,21,23,25H,4-5,8-11,14-15H2,(H,26,27)/b13-12+/t17?,18-,19-,21-/m1/s1. The van der Waals surface area contributed by atoms with Crippen LogP contribution in [-0.2, 0) is 16.0 Å². The number of carboxylic acids is 1. The Labute approximate surface area is 160 Å². The fraction of sp³-hybridized carbons (Fsp3) is 0.545.